The van der Waals surface area contributed by atoms with E-state index in [0.717, 1.165) is 22.9 Å². The van der Waals surface area contributed by atoms with Gasteiger partial charge in [0.05, 0.1) is 18.9 Å². The van der Waals surface area contributed by atoms with Crippen LogP contribution in [0.4, 0.5) is 25.1 Å². The first-order valence-electron chi connectivity index (χ1n) is 8.66. The van der Waals surface area contributed by atoms with E-state index >= 15 is 0 Å². The maximum Gasteiger partial charge on any atom is 0.322 e. The van der Waals surface area contributed by atoms with E-state index < -0.39 is 17.0 Å². The second-order valence-electron chi connectivity index (χ2n) is 7.40. The predicted octanol–water partition coefficient (Wildman–Crippen LogP) is 2.89. The van der Waals surface area contributed by atoms with E-state index in [-0.39, 0.29) is 17.5 Å². The van der Waals surface area contributed by atoms with E-state index in [1.807, 2.05) is 20.8 Å². The molecular weight excluding hydrogens is 356 g/mol. The number of hydrogen-bond donors (Lipinski definition) is 2. The number of morpholine rings is 1. The molecular formula is C18H23F2N5O2. The lowest BCUT2D eigenvalue weighted by Crippen LogP contribution is -2.43. The number of ether oxygens (including phenoxy) is 1. The molecule has 0 atom stereocenters. The zero-order chi connectivity index (χ0) is 19.8. The first-order chi connectivity index (χ1) is 12.7. The van der Waals surface area contributed by atoms with Crippen LogP contribution < -0.4 is 11.1 Å². The third-order valence-electron chi connectivity index (χ3n) is 4.30. The number of benzene rings is 1. The molecule has 2 heterocycles. The lowest BCUT2D eigenvalue weighted by Gasteiger charge is -2.27. The van der Waals surface area contributed by atoms with Gasteiger partial charge in [-0.3, -0.25) is 0 Å². The number of hydrogen-bond acceptors (Lipinski definition) is 4. The maximum atomic E-state index is 14.2. The lowest BCUT2D eigenvalue weighted by atomic mass is 9.91. The van der Waals surface area contributed by atoms with Crippen molar-refractivity contribution in [3.63, 3.8) is 0 Å². The smallest absolute Gasteiger partial charge is 0.322 e. The van der Waals surface area contributed by atoms with Crippen molar-refractivity contribution < 1.29 is 18.3 Å². The third kappa shape index (κ3) is 3.87. The largest absolute Gasteiger partial charge is 0.382 e. The Morgan fingerprint density at radius 2 is 1.93 bits per heavy atom. The topological polar surface area (TPSA) is 85.4 Å². The van der Waals surface area contributed by atoms with Crippen LogP contribution in [0.25, 0.3) is 5.69 Å². The molecule has 1 aliphatic heterocycles. The highest BCUT2D eigenvalue weighted by atomic mass is 19.1. The van der Waals surface area contributed by atoms with Crippen molar-refractivity contribution in [3.8, 4) is 5.69 Å². The Hall–Kier alpha value is -2.68. The average molecular weight is 379 g/mol. The Morgan fingerprint density at radius 3 is 2.56 bits per heavy atom. The van der Waals surface area contributed by atoms with Gasteiger partial charge in [0.15, 0.2) is 5.82 Å². The first-order valence-corrected chi connectivity index (χ1v) is 8.66. The highest BCUT2D eigenvalue weighted by molar-refractivity contribution is 5.93. The van der Waals surface area contributed by atoms with Crippen molar-refractivity contribution in [2.45, 2.75) is 26.2 Å². The van der Waals surface area contributed by atoms with Crippen LogP contribution in [0.15, 0.2) is 18.2 Å². The van der Waals surface area contributed by atoms with Crippen LogP contribution in [-0.4, -0.2) is 47.0 Å². The van der Waals surface area contributed by atoms with Gasteiger partial charge in [0, 0.05) is 24.6 Å². The molecule has 0 spiro atoms. The van der Waals surface area contributed by atoms with E-state index in [9.17, 15) is 13.6 Å². The van der Waals surface area contributed by atoms with Gasteiger partial charge in [0.25, 0.3) is 0 Å². The first kappa shape index (κ1) is 19.1. The summed E-state index contributed by atoms with van der Waals surface area (Å²) in [5, 5.41) is 7.16. The Morgan fingerprint density at radius 1 is 1.26 bits per heavy atom. The van der Waals surface area contributed by atoms with Crippen LogP contribution in [0.5, 0.6) is 0 Å². The summed E-state index contributed by atoms with van der Waals surface area (Å²) in [6, 6.07) is 2.70. The van der Waals surface area contributed by atoms with Gasteiger partial charge in [-0.1, -0.05) is 20.8 Å². The SMILES string of the molecule is CC(C)(C)c1nn(-c2cc(F)ccc2F)c(N)c1NC(=O)N1CCOCC1. The zero-order valence-electron chi connectivity index (χ0n) is 15.6. The third-order valence-corrected chi connectivity index (χ3v) is 4.30. The molecule has 146 valence electrons. The van der Waals surface area contributed by atoms with Gasteiger partial charge in [-0.25, -0.2) is 18.3 Å². The Balaban J connectivity index is 2.03. The molecule has 1 saturated heterocycles. The monoisotopic (exact) mass is 379 g/mol. The van der Waals surface area contributed by atoms with Crippen LogP contribution in [0, 0.1) is 11.6 Å². The summed E-state index contributed by atoms with van der Waals surface area (Å²) in [5.74, 6) is -1.25. The molecule has 2 amide bonds. The molecule has 0 aliphatic carbocycles. The summed E-state index contributed by atoms with van der Waals surface area (Å²) in [6.45, 7) is 7.53. The number of nitrogens with zero attached hydrogens (tertiary/aromatic N) is 3. The minimum absolute atomic E-state index is 0.0334. The van der Waals surface area contributed by atoms with Crippen molar-refractivity contribution in [2.75, 3.05) is 37.4 Å². The number of rotatable bonds is 2. The average Bonchev–Trinajstić information content (AvgIpc) is 2.94. The highest BCUT2D eigenvalue weighted by Crippen LogP contribution is 2.35. The molecule has 1 aliphatic rings. The zero-order valence-corrected chi connectivity index (χ0v) is 15.6. The van der Waals surface area contributed by atoms with E-state index in [0.29, 0.717) is 37.7 Å². The molecule has 0 radical (unpaired) electrons. The molecule has 1 fully saturated rings. The van der Waals surface area contributed by atoms with E-state index in [1.54, 1.807) is 4.90 Å². The van der Waals surface area contributed by atoms with Gasteiger partial charge in [-0.2, -0.15) is 5.10 Å². The predicted molar refractivity (Wildman–Crippen MR) is 98.0 cm³/mol. The number of anilines is 2. The summed E-state index contributed by atoms with van der Waals surface area (Å²) in [5.41, 5.74) is 6.34. The number of aromatic nitrogens is 2. The number of halogens is 2. The van der Waals surface area contributed by atoms with E-state index in [2.05, 4.69) is 10.4 Å². The van der Waals surface area contributed by atoms with Crippen molar-refractivity contribution in [3.05, 3.63) is 35.5 Å². The van der Waals surface area contributed by atoms with Gasteiger partial charge < -0.3 is 20.7 Å². The number of carbonyl (C=O) groups excluding carboxylic acids is 1. The number of carbonyl (C=O) groups is 1. The normalized spacial score (nSPS) is 15.1. The molecule has 9 heteroatoms. The number of nitrogen functional groups attached to an aromatic ring is 1. The lowest BCUT2D eigenvalue weighted by molar-refractivity contribution is 0.0564. The summed E-state index contributed by atoms with van der Waals surface area (Å²) < 4.78 is 34.2. The van der Waals surface area contributed by atoms with Crippen LogP contribution in [-0.2, 0) is 10.2 Å². The molecule has 0 bridgehead atoms. The molecule has 1 aromatic carbocycles. The van der Waals surface area contributed by atoms with Crippen molar-refractivity contribution in [1.29, 1.82) is 0 Å². The number of urea groups is 1. The number of amides is 2. The molecule has 7 nitrogen and oxygen atoms in total. The van der Waals surface area contributed by atoms with Crippen molar-refractivity contribution in [1.82, 2.24) is 14.7 Å². The minimum Gasteiger partial charge on any atom is -0.382 e. The van der Waals surface area contributed by atoms with Crippen molar-refractivity contribution in [2.24, 2.45) is 0 Å². The van der Waals surface area contributed by atoms with Gasteiger partial charge in [-0.15, -0.1) is 0 Å². The molecule has 0 unspecified atom stereocenters. The molecule has 3 rings (SSSR count). The Kier molecular flexibility index (Phi) is 5.05. The van der Waals surface area contributed by atoms with Crippen LogP contribution in [0.3, 0.4) is 0 Å². The Bertz CT molecular complexity index is 854. The maximum absolute atomic E-state index is 14.2. The molecule has 0 saturated carbocycles. The van der Waals surface area contributed by atoms with Gasteiger partial charge in [0.2, 0.25) is 0 Å². The standard InChI is InChI=1S/C18H23F2N5O2/c1-18(2,3)15-14(22-17(26)24-6-8-27-9-7-24)16(21)25(23-15)13-10-11(19)4-5-12(13)20/h4-5,10H,6-9,21H2,1-3H3,(H,22,26). The minimum atomic E-state index is -0.669. The fourth-order valence-corrected chi connectivity index (χ4v) is 2.86. The molecule has 27 heavy (non-hydrogen) atoms. The second-order valence-corrected chi connectivity index (χ2v) is 7.40. The molecule has 3 N–H and O–H groups in total. The highest BCUT2D eigenvalue weighted by Gasteiger charge is 2.29. The summed E-state index contributed by atoms with van der Waals surface area (Å²) in [6.07, 6.45) is 0. The van der Waals surface area contributed by atoms with Gasteiger partial charge >= 0.3 is 6.03 Å². The molecule has 1 aromatic heterocycles. The van der Waals surface area contributed by atoms with Crippen molar-refractivity contribution >= 4 is 17.5 Å². The summed E-state index contributed by atoms with van der Waals surface area (Å²) in [7, 11) is 0. The molecule has 2 aromatic rings. The quantitative estimate of drug-likeness (QED) is 0.840. The number of nitrogens with one attached hydrogen (secondary N) is 1. The fourth-order valence-electron chi connectivity index (χ4n) is 2.86. The second kappa shape index (κ2) is 7.15. The van der Waals surface area contributed by atoms with Gasteiger partial charge in [-0.05, 0) is 12.1 Å². The fraction of sp³-hybridized carbons (Fsp3) is 0.444. The van der Waals surface area contributed by atoms with Crippen LogP contribution in [0.2, 0.25) is 0 Å². The van der Waals surface area contributed by atoms with Crippen LogP contribution >= 0.6 is 0 Å². The van der Waals surface area contributed by atoms with E-state index in [4.69, 9.17) is 10.5 Å². The van der Waals surface area contributed by atoms with Gasteiger partial charge in [0.1, 0.15) is 23.0 Å². The summed E-state index contributed by atoms with van der Waals surface area (Å²) >= 11 is 0. The Labute approximate surface area is 156 Å². The van der Waals surface area contributed by atoms with Crippen LogP contribution in [0.1, 0.15) is 26.5 Å². The van der Waals surface area contributed by atoms with E-state index in [1.165, 1.54) is 0 Å². The summed E-state index contributed by atoms with van der Waals surface area (Å²) in [4.78, 5) is 14.2. The number of nitrogens with two attached hydrogens (primary N) is 1.